The molecule has 1 N–H and O–H groups in total. The van der Waals surface area contributed by atoms with Crippen LogP contribution < -0.4 is 0 Å². The van der Waals surface area contributed by atoms with Crippen molar-refractivity contribution in [3.63, 3.8) is 0 Å². The van der Waals surface area contributed by atoms with Crippen molar-refractivity contribution in [3.05, 3.63) is 53.0 Å². The number of hydrogen-bond acceptors (Lipinski definition) is 5. The van der Waals surface area contributed by atoms with Gasteiger partial charge in [-0.2, -0.15) is 0 Å². The first-order chi connectivity index (χ1) is 12.9. The van der Waals surface area contributed by atoms with Gasteiger partial charge in [0.1, 0.15) is 12.4 Å². The van der Waals surface area contributed by atoms with E-state index < -0.39 is 5.82 Å². The lowest BCUT2D eigenvalue weighted by molar-refractivity contribution is -0.117. The Labute approximate surface area is 168 Å². The molecule has 2 rings (SSSR count). The van der Waals surface area contributed by atoms with Gasteiger partial charge in [0, 0.05) is 29.7 Å². The van der Waals surface area contributed by atoms with Gasteiger partial charge in [-0.05, 0) is 43.2 Å². The lowest BCUT2D eigenvalue weighted by Crippen LogP contribution is -2.21. The molecule has 1 aromatic rings. The van der Waals surface area contributed by atoms with Crippen molar-refractivity contribution < 1.29 is 19.1 Å². The van der Waals surface area contributed by atoms with Gasteiger partial charge in [0.05, 0.1) is 16.5 Å². The van der Waals surface area contributed by atoms with Crippen molar-refractivity contribution in [3.8, 4) is 0 Å². The number of carbonyl (C=O) groups is 1. The Balaban J connectivity index is 1.86. The quantitative estimate of drug-likeness (QED) is 0.185. The molecule has 0 saturated heterocycles. The molecular formula is C20H23ClFNO3S. The van der Waals surface area contributed by atoms with Crippen LogP contribution >= 0.6 is 23.4 Å². The van der Waals surface area contributed by atoms with Crippen LogP contribution in [0.15, 0.2) is 52.2 Å². The predicted octanol–water partition coefficient (Wildman–Crippen LogP) is 5.72. The highest BCUT2D eigenvalue weighted by Crippen LogP contribution is 2.32. The van der Waals surface area contributed by atoms with E-state index in [9.17, 15) is 14.3 Å². The van der Waals surface area contributed by atoms with Crippen molar-refractivity contribution >= 4 is 34.9 Å². The number of rotatable bonds is 9. The number of aliphatic hydroxyl groups is 1. The topological polar surface area (TPSA) is 58.9 Å². The number of ketones is 1. The number of halogens is 2. The monoisotopic (exact) mass is 411 g/mol. The van der Waals surface area contributed by atoms with Crippen LogP contribution in [0.5, 0.6) is 0 Å². The summed E-state index contributed by atoms with van der Waals surface area (Å²) >= 11 is 7.34. The van der Waals surface area contributed by atoms with E-state index in [1.807, 2.05) is 0 Å². The minimum absolute atomic E-state index is 0.0446. The molecule has 0 heterocycles. The molecule has 27 heavy (non-hydrogen) atoms. The predicted molar refractivity (Wildman–Crippen MR) is 108 cm³/mol. The number of carbonyl (C=O) groups excluding carboxylic acids is 1. The smallest absolute Gasteiger partial charge is 0.162 e. The number of oxime groups is 1. The SMILES string of the molecule is C=CCON=C(C)CC1=C(O)CC(CCSc2ccc(F)c(Cl)c2)CC1=O. The summed E-state index contributed by atoms with van der Waals surface area (Å²) in [6.07, 6.45) is 3.54. The Morgan fingerprint density at radius 1 is 1.52 bits per heavy atom. The van der Waals surface area contributed by atoms with E-state index in [4.69, 9.17) is 16.4 Å². The molecule has 146 valence electrons. The molecule has 0 saturated carbocycles. The minimum Gasteiger partial charge on any atom is -0.512 e. The summed E-state index contributed by atoms with van der Waals surface area (Å²) in [4.78, 5) is 18.3. The molecule has 0 bridgehead atoms. The summed E-state index contributed by atoms with van der Waals surface area (Å²) in [5, 5.41) is 14.3. The molecule has 1 aliphatic rings. The fourth-order valence-electron chi connectivity index (χ4n) is 2.82. The van der Waals surface area contributed by atoms with Crippen molar-refractivity contribution in [2.24, 2.45) is 11.1 Å². The lowest BCUT2D eigenvalue weighted by Gasteiger charge is -2.23. The Hall–Kier alpha value is -1.79. The van der Waals surface area contributed by atoms with Crippen LogP contribution in [0.25, 0.3) is 0 Å². The highest BCUT2D eigenvalue weighted by atomic mass is 35.5. The standard InChI is InChI=1S/C20H23ClFNO3S/c1-3-7-26-23-13(2)9-16-19(24)10-14(11-20(16)25)6-8-27-15-4-5-18(22)17(21)12-15/h3-5,12,14,24H,1,6-11H2,2H3. The first-order valence-corrected chi connectivity index (χ1v) is 10.1. The number of Topliss-reactive ketones (excluding diaryl/α,β-unsaturated/α-hetero) is 1. The van der Waals surface area contributed by atoms with E-state index in [1.54, 1.807) is 36.9 Å². The second kappa shape index (κ2) is 10.5. The summed E-state index contributed by atoms with van der Waals surface area (Å²) in [6.45, 7) is 5.59. The first kappa shape index (κ1) is 21.5. The molecule has 0 aromatic heterocycles. The third-order valence-electron chi connectivity index (χ3n) is 4.17. The number of hydrogen-bond donors (Lipinski definition) is 1. The van der Waals surface area contributed by atoms with Gasteiger partial charge in [0.15, 0.2) is 5.78 Å². The summed E-state index contributed by atoms with van der Waals surface area (Å²) in [5.41, 5.74) is 1.06. The van der Waals surface area contributed by atoms with Gasteiger partial charge in [-0.3, -0.25) is 4.79 Å². The van der Waals surface area contributed by atoms with E-state index in [1.165, 1.54) is 6.07 Å². The van der Waals surface area contributed by atoms with Crippen LogP contribution in [0, 0.1) is 11.7 Å². The molecule has 1 aromatic carbocycles. The van der Waals surface area contributed by atoms with E-state index in [-0.39, 0.29) is 28.9 Å². The Kier molecular flexibility index (Phi) is 8.38. The maximum absolute atomic E-state index is 13.2. The summed E-state index contributed by atoms with van der Waals surface area (Å²) in [7, 11) is 0. The molecule has 0 radical (unpaired) electrons. The highest BCUT2D eigenvalue weighted by molar-refractivity contribution is 7.99. The minimum atomic E-state index is -0.435. The fourth-order valence-corrected chi connectivity index (χ4v) is 4.12. The molecule has 0 spiro atoms. The van der Waals surface area contributed by atoms with Gasteiger partial charge < -0.3 is 9.94 Å². The molecule has 4 nitrogen and oxygen atoms in total. The molecule has 1 atom stereocenters. The number of benzene rings is 1. The van der Waals surface area contributed by atoms with Gasteiger partial charge in [-0.1, -0.05) is 29.4 Å². The van der Waals surface area contributed by atoms with Crippen LogP contribution in [-0.4, -0.2) is 29.0 Å². The molecule has 0 fully saturated rings. The maximum atomic E-state index is 13.2. The zero-order chi connectivity index (χ0) is 19.8. The van der Waals surface area contributed by atoms with E-state index in [2.05, 4.69) is 11.7 Å². The number of nitrogens with zero attached hydrogens (tertiary/aromatic N) is 1. The lowest BCUT2D eigenvalue weighted by atomic mass is 9.84. The molecule has 7 heteroatoms. The summed E-state index contributed by atoms with van der Waals surface area (Å²) in [5.74, 6) is 0.522. The summed E-state index contributed by atoms with van der Waals surface area (Å²) < 4.78 is 13.2. The largest absolute Gasteiger partial charge is 0.512 e. The van der Waals surface area contributed by atoms with Crippen molar-refractivity contribution in [2.75, 3.05) is 12.4 Å². The average molecular weight is 412 g/mol. The molecule has 0 amide bonds. The zero-order valence-electron chi connectivity index (χ0n) is 15.2. The third-order valence-corrected chi connectivity index (χ3v) is 5.49. The maximum Gasteiger partial charge on any atom is 0.162 e. The van der Waals surface area contributed by atoms with Gasteiger partial charge in [0.2, 0.25) is 0 Å². The third kappa shape index (κ3) is 6.70. The molecule has 1 unspecified atom stereocenters. The number of thioether (sulfide) groups is 1. The van der Waals surface area contributed by atoms with Crippen LogP contribution in [0.4, 0.5) is 4.39 Å². The van der Waals surface area contributed by atoms with Gasteiger partial charge in [-0.25, -0.2) is 4.39 Å². The van der Waals surface area contributed by atoms with Gasteiger partial charge >= 0.3 is 0 Å². The average Bonchev–Trinajstić information content (AvgIpc) is 2.61. The van der Waals surface area contributed by atoms with E-state index in [0.29, 0.717) is 30.7 Å². The van der Waals surface area contributed by atoms with Crippen LogP contribution in [0.1, 0.15) is 32.6 Å². The molecule has 1 aliphatic carbocycles. The first-order valence-electron chi connectivity index (χ1n) is 8.69. The molecular weight excluding hydrogens is 389 g/mol. The Morgan fingerprint density at radius 3 is 2.96 bits per heavy atom. The Morgan fingerprint density at radius 2 is 2.30 bits per heavy atom. The second-order valence-electron chi connectivity index (χ2n) is 6.42. The fraction of sp³-hybridized carbons (Fsp3) is 0.400. The molecule has 0 aliphatic heterocycles. The van der Waals surface area contributed by atoms with Crippen LogP contribution in [0.2, 0.25) is 5.02 Å². The van der Waals surface area contributed by atoms with E-state index >= 15 is 0 Å². The number of aliphatic hydroxyl groups excluding tert-OH is 1. The zero-order valence-corrected chi connectivity index (χ0v) is 16.8. The Bertz CT molecular complexity index is 764. The second-order valence-corrected chi connectivity index (χ2v) is 8.00. The van der Waals surface area contributed by atoms with Crippen molar-refractivity contribution in [1.82, 2.24) is 0 Å². The van der Waals surface area contributed by atoms with Gasteiger partial charge in [-0.15, -0.1) is 11.8 Å². The van der Waals surface area contributed by atoms with Gasteiger partial charge in [0.25, 0.3) is 0 Å². The van der Waals surface area contributed by atoms with Crippen molar-refractivity contribution in [1.29, 1.82) is 0 Å². The highest BCUT2D eigenvalue weighted by Gasteiger charge is 2.27. The van der Waals surface area contributed by atoms with Crippen LogP contribution in [-0.2, 0) is 9.63 Å². The van der Waals surface area contributed by atoms with E-state index in [0.717, 1.165) is 17.1 Å². The number of allylic oxidation sites excluding steroid dienone is 2. The van der Waals surface area contributed by atoms with Crippen LogP contribution in [0.3, 0.4) is 0 Å². The normalized spacial score (nSPS) is 18.0. The van der Waals surface area contributed by atoms with Crippen molar-refractivity contribution in [2.45, 2.75) is 37.5 Å². The summed E-state index contributed by atoms with van der Waals surface area (Å²) in [6, 6.07) is 4.63.